The minimum atomic E-state index is -1.27. The number of hydrogen-bond donors (Lipinski definition) is 4. The van der Waals surface area contributed by atoms with E-state index in [0.717, 1.165) is 0 Å². The molecule has 1 aromatic carbocycles. The van der Waals surface area contributed by atoms with Gasteiger partial charge in [0.05, 0.1) is 5.54 Å². The molecule has 5 N–H and O–H groups in total. The van der Waals surface area contributed by atoms with Crippen LogP contribution in [0.3, 0.4) is 0 Å². The van der Waals surface area contributed by atoms with Crippen LogP contribution in [0.4, 0.5) is 5.69 Å². The van der Waals surface area contributed by atoms with Crippen LogP contribution in [0.25, 0.3) is 0 Å². The van der Waals surface area contributed by atoms with Crippen molar-refractivity contribution in [1.29, 1.82) is 0 Å². The number of nitrogens with one attached hydrogen (secondary N) is 1. The molecule has 98 valence electrons. The van der Waals surface area contributed by atoms with Crippen molar-refractivity contribution >= 4 is 17.6 Å². The van der Waals surface area contributed by atoms with Crippen LogP contribution in [-0.2, 0) is 4.79 Å². The third-order valence-electron chi connectivity index (χ3n) is 2.74. The highest BCUT2D eigenvalue weighted by atomic mass is 16.4. The van der Waals surface area contributed by atoms with Crippen LogP contribution in [0.5, 0.6) is 5.75 Å². The van der Waals surface area contributed by atoms with Crippen molar-refractivity contribution < 1.29 is 19.8 Å². The van der Waals surface area contributed by atoms with Crippen LogP contribution in [0.1, 0.15) is 30.6 Å². The maximum atomic E-state index is 11.8. The molecule has 0 aliphatic carbocycles. The van der Waals surface area contributed by atoms with Crippen LogP contribution in [0.15, 0.2) is 18.2 Å². The fourth-order valence-electron chi connectivity index (χ4n) is 1.22. The second kappa shape index (κ2) is 5.05. The number of anilines is 1. The first-order valence-electron chi connectivity index (χ1n) is 5.44. The number of aromatic carboxylic acids is 1. The number of rotatable bonds is 4. The Morgan fingerprint density at radius 1 is 1.44 bits per heavy atom. The molecule has 0 heterocycles. The van der Waals surface area contributed by atoms with Gasteiger partial charge in [-0.05, 0) is 31.5 Å². The van der Waals surface area contributed by atoms with Crippen molar-refractivity contribution in [3.63, 3.8) is 0 Å². The highest BCUT2D eigenvalue weighted by Crippen LogP contribution is 2.22. The number of carbonyl (C=O) groups is 2. The van der Waals surface area contributed by atoms with Crippen LogP contribution < -0.4 is 11.1 Å². The van der Waals surface area contributed by atoms with E-state index in [4.69, 9.17) is 10.8 Å². The molecular weight excluding hydrogens is 236 g/mol. The Balaban J connectivity index is 2.96. The lowest BCUT2D eigenvalue weighted by Gasteiger charge is -2.21. The van der Waals surface area contributed by atoms with Crippen molar-refractivity contribution in [3.05, 3.63) is 23.8 Å². The van der Waals surface area contributed by atoms with Gasteiger partial charge in [0.25, 0.3) is 0 Å². The van der Waals surface area contributed by atoms with Gasteiger partial charge in [-0.1, -0.05) is 6.92 Å². The SMILES string of the molecule is CCC(C)(N)C(=O)Nc1ccc(O)c(C(=O)O)c1. The molecule has 0 bridgehead atoms. The van der Waals surface area contributed by atoms with Crippen LogP contribution in [-0.4, -0.2) is 27.6 Å². The third-order valence-corrected chi connectivity index (χ3v) is 2.74. The second-order valence-electron chi connectivity index (χ2n) is 4.26. The quantitative estimate of drug-likeness (QED) is 0.600. The number of nitrogens with two attached hydrogens (primary N) is 1. The summed E-state index contributed by atoms with van der Waals surface area (Å²) in [5.41, 5.74) is 4.73. The Bertz CT molecular complexity index is 483. The predicted molar refractivity (Wildman–Crippen MR) is 66.6 cm³/mol. The lowest BCUT2D eigenvalue weighted by molar-refractivity contribution is -0.120. The molecule has 1 rings (SSSR count). The van der Waals surface area contributed by atoms with E-state index in [1.165, 1.54) is 18.2 Å². The van der Waals surface area contributed by atoms with Crippen LogP contribution >= 0.6 is 0 Å². The minimum absolute atomic E-state index is 0.275. The minimum Gasteiger partial charge on any atom is -0.507 e. The summed E-state index contributed by atoms with van der Waals surface area (Å²) in [4.78, 5) is 22.6. The number of aromatic hydroxyl groups is 1. The predicted octanol–water partition coefficient (Wildman–Crippen LogP) is 1.16. The first kappa shape index (κ1) is 14.0. The topological polar surface area (TPSA) is 113 Å². The fraction of sp³-hybridized carbons (Fsp3) is 0.333. The van der Waals surface area contributed by atoms with E-state index in [2.05, 4.69) is 5.32 Å². The Labute approximate surface area is 104 Å². The van der Waals surface area contributed by atoms with E-state index in [1.54, 1.807) is 13.8 Å². The molecule has 6 heteroatoms. The molecule has 1 aromatic rings. The van der Waals surface area contributed by atoms with Crippen LogP contribution in [0, 0.1) is 0 Å². The monoisotopic (exact) mass is 252 g/mol. The van der Waals surface area contributed by atoms with E-state index in [-0.39, 0.29) is 17.0 Å². The molecule has 0 aliphatic heterocycles. The van der Waals surface area contributed by atoms with Gasteiger partial charge in [-0.15, -0.1) is 0 Å². The number of carboxylic acid groups (broad SMARTS) is 1. The van der Waals surface area contributed by atoms with Gasteiger partial charge in [-0.2, -0.15) is 0 Å². The van der Waals surface area contributed by atoms with Gasteiger partial charge in [0.2, 0.25) is 5.91 Å². The molecule has 0 aliphatic rings. The standard InChI is InChI=1S/C12H16N2O4/c1-3-12(2,13)11(18)14-7-4-5-9(15)8(6-7)10(16)17/h4-6,15H,3,13H2,1-2H3,(H,14,18)(H,16,17). The van der Waals surface area contributed by atoms with Crippen molar-refractivity contribution in [2.45, 2.75) is 25.8 Å². The maximum Gasteiger partial charge on any atom is 0.339 e. The largest absolute Gasteiger partial charge is 0.507 e. The number of benzene rings is 1. The Morgan fingerprint density at radius 3 is 2.56 bits per heavy atom. The molecule has 18 heavy (non-hydrogen) atoms. The fourth-order valence-corrected chi connectivity index (χ4v) is 1.22. The molecule has 0 saturated heterocycles. The molecule has 0 spiro atoms. The van der Waals surface area contributed by atoms with E-state index in [9.17, 15) is 14.7 Å². The van der Waals surface area contributed by atoms with Gasteiger partial charge in [-0.25, -0.2) is 4.79 Å². The van der Waals surface area contributed by atoms with Gasteiger partial charge in [0.15, 0.2) is 0 Å². The molecule has 0 saturated carbocycles. The Morgan fingerprint density at radius 2 is 2.06 bits per heavy atom. The summed E-state index contributed by atoms with van der Waals surface area (Å²) in [5.74, 6) is -2.03. The summed E-state index contributed by atoms with van der Waals surface area (Å²) < 4.78 is 0. The molecule has 0 aromatic heterocycles. The average Bonchev–Trinajstić information content (AvgIpc) is 2.31. The molecule has 0 fully saturated rings. The zero-order chi connectivity index (χ0) is 13.9. The highest BCUT2D eigenvalue weighted by Gasteiger charge is 2.26. The van der Waals surface area contributed by atoms with E-state index in [1.807, 2.05) is 0 Å². The second-order valence-corrected chi connectivity index (χ2v) is 4.26. The van der Waals surface area contributed by atoms with Crippen LogP contribution in [0.2, 0.25) is 0 Å². The molecule has 1 unspecified atom stereocenters. The van der Waals surface area contributed by atoms with Gasteiger partial charge >= 0.3 is 5.97 Å². The van der Waals surface area contributed by atoms with Gasteiger partial charge in [0, 0.05) is 5.69 Å². The number of amides is 1. The summed E-state index contributed by atoms with van der Waals surface area (Å²) in [5, 5.41) is 20.7. The molecule has 1 atom stereocenters. The normalized spacial score (nSPS) is 13.7. The molecule has 0 radical (unpaired) electrons. The van der Waals surface area contributed by atoms with Crippen molar-refractivity contribution in [2.24, 2.45) is 5.73 Å². The zero-order valence-corrected chi connectivity index (χ0v) is 10.2. The van der Waals surface area contributed by atoms with Gasteiger partial charge in [0.1, 0.15) is 11.3 Å². The summed E-state index contributed by atoms with van der Waals surface area (Å²) in [6.07, 6.45) is 0.447. The third kappa shape index (κ3) is 2.98. The van der Waals surface area contributed by atoms with Crippen molar-refractivity contribution in [1.82, 2.24) is 0 Å². The first-order valence-corrected chi connectivity index (χ1v) is 5.44. The Hall–Kier alpha value is -2.08. The smallest absolute Gasteiger partial charge is 0.339 e. The summed E-state index contributed by atoms with van der Waals surface area (Å²) >= 11 is 0. The number of phenols is 1. The van der Waals surface area contributed by atoms with Crippen molar-refractivity contribution in [3.8, 4) is 5.75 Å². The number of hydrogen-bond acceptors (Lipinski definition) is 4. The maximum absolute atomic E-state index is 11.8. The van der Waals surface area contributed by atoms with E-state index >= 15 is 0 Å². The highest BCUT2D eigenvalue weighted by molar-refractivity contribution is 5.99. The first-order chi connectivity index (χ1) is 8.27. The molecule has 1 amide bonds. The Kier molecular flexibility index (Phi) is 3.93. The van der Waals surface area contributed by atoms with Gasteiger partial charge < -0.3 is 21.3 Å². The lowest BCUT2D eigenvalue weighted by atomic mass is 9.99. The molecule has 6 nitrogen and oxygen atoms in total. The van der Waals surface area contributed by atoms with Crippen molar-refractivity contribution in [2.75, 3.05) is 5.32 Å². The summed E-state index contributed by atoms with van der Waals surface area (Å²) in [6, 6.07) is 3.80. The number of carbonyl (C=O) groups excluding carboxylic acids is 1. The zero-order valence-electron chi connectivity index (χ0n) is 10.2. The summed E-state index contributed by atoms with van der Waals surface area (Å²) in [7, 11) is 0. The lowest BCUT2D eigenvalue weighted by Crippen LogP contribution is -2.47. The van der Waals surface area contributed by atoms with Gasteiger partial charge in [-0.3, -0.25) is 4.79 Å². The van der Waals surface area contributed by atoms with E-state index in [0.29, 0.717) is 6.42 Å². The summed E-state index contributed by atoms with van der Waals surface area (Å²) in [6.45, 7) is 3.36. The average molecular weight is 252 g/mol. The molecular formula is C12H16N2O4. The number of carboxylic acids is 1. The van der Waals surface area contributed by atoms with E-state index < -0.39 is 17.4 Å².